The van der Waals surface area contributed by atoms with Crippen molar-refractivity contribution in [3.05, 3.63) is 78.1 Å². The smallest absolute Gasteiger partial charge is 0.287 e. The lowest BCUT2D eigenvalue weighted by Crippen LogP contribution is -2.52. The first kappa shape index (κ1) is 22.8. The van der Waals surface area contributed by atoms with Crippen LogP contribution in [0.25, 0.3) is 0 Å². The summed E-state index contributed by atoms with van der Waals surface area (Å²) in [5.41, 5.74) is 1.02. The molecule has 174 valence electrons. The minimum absolute atomic E-state index is 0.190. The Kier molecular flexibility index (Phi) is 6.90. The molecule has 0 saturated heterocycles. The molecule has 9 heteroatoms. The van der Waals surface area contributed by atoms with Crippen LogP contribution in [0.2, 0.25) is 0 Å². The van der Waals surface area contributed by atoms with E-state index in [1.807, 2.05) is 36.2 Å². The molecule has 4 atom stereocenters. The zero-order valence-electron chi connectivity index (χ0n) is 18.4. The maximum atomic E-state index is 13.6. The highest BCUT2D eigenvalue weighted by Gasteiger charge is 2.46. The maximum Gasteiger partial charge on any atom is 0.287 e. The number of ether oxygens (including phenoxy) is 2. The summed E-state index contributed by atoms with van der Waals surface area (Å²) in [5.74, 6) is 0.487. The standard InChI is InChI=1S/C24H27FN4O4/c1-29(14-15-6-8-17(32-2)9-7-15)21-19(28-24(31)23-26-10-11-27-23)13-20(22(21)30)33-18-5-3-4-16(25)12-18/h3-12,19-22,30H,13-14H2,1-2H3,(H,26,27)(H,28,31)/t19-,20-,21+,22+/m1/s1. The normalized spacial score (nSPS) is 22.3. The topological polar surface area (TPSA) is 99.7 Å². The van der Waals surface area contributed by atoms with Gasteiger partial charge in [0.1, 0.15) is 29.5 Å². The largest absolute Gasteiger partial charge is 0.497 e. The fraction of sp³-hybridized carbons (Fsp3) is 0.333. The fourth-order valence-corrected chi connectivity index (χ4v) is 4.28. The van der Waals surface area contributed by atoms with Crippen molar-refractivity contribution in [1.29, 1.82) is 0 Å². The van der Waals surface area contributed by atoms with Gasteiger partial charge in [-0.25, -0.2) is 9.37 Å². The Balaban J connectivity index is 1.53. The van der Waals surface area contributed by atoms with Crippen molar-refractivity contribution in [1.82, 2.24) is 20.2 Å². The first-order valence-electron chi connectivity index (χ1n) is 10.7. The number of H-pyrrole nitrogens is 1. The molecule has 1 aliphatic carbocycles. The van der Waals surface area contributed by atoms with Crippen LogP contribution >= 0.6 is 0 Å². The van der Waals surface area contributed by atoms with Crippen molar-refractivity contribution < 1.29 is 23.8 Å². The SMILES string of the molecule is COc1ccc(CN(C)[C@@H]2[C@@H](O)[C@H](Oc3cccc(F)c3)C[C@H]2NC(=O)c2ncc[nH]2)cc1. The van der Waals surface area contributed by atoms with Crippen LogP contribution in [0.15, 0.2) is 60.9 Å². The van der Waals surface area contributed by atoms with Crippen molar-refractivity contribution in [2.24, 2.45) is 0 Å². The Hall–Kier alpha value is -3.43. The van der Waals surface area contributed by atoms with Crippen molar-refractivity contribution in [3.63, 3.8) is 0 Å². The van der Waals surface area contributed by atoms with Gasteiger partial charge in [-0.1, -0.05) is 18.2 Å². The molecule has 0 aliphatic heterocycles. The van der Waals surface area contributed by atoms with E-state index in [1.54, 1.807) is 25.4 Å². The molecule has 4 rings (SSSR count). The molecule has 1 heterocycles. The van der Waals surface area contributed by atoms with Gasteiger partial charge >= 0.3 is 0 Å². The van der Waals surface area contributed by atoms with Crippen LogP contribution in [0, 0.1) is 5.82 Å². The highest BCUT2D eigenvalue weighted by molar-refractivity contribution is 5.90. The average Bonchev–Trinajstić information content (AvgIpc) is 3.43. The Morgan fingerprint density at radius 3 is 2.73 bits per heavy atom. The lowest BCUT2D eigenvalue weighted by atomic mass is 10.1. The number of carbonyl (C=O) groups excluding carboxylic acids is 1. The summed E-state index contributed by atoms with van der Waals surface area (Å²) in [4.78, 5) is 21.4. The van der Waals surface area contributed by atoms with E-state index >= 15 is 0 Å². The Morgan fingerprint density at radius 2 is 2.06 bits per heavy atom. The molecule has 33 heavy (non-hydrogen) atoms. The van der Waals surface area contributed by atoms with Gasteiger partial charge in [0.05, 0.1) is 19.2 Å². The van der Waals surface area contributed by atoms with Crippen LogP contribution in [-0.2, 0) is 6.54 Å². The lowest BCUT2D eigenvalue weighted by molar-refractivity contribution is 0.0124. The van der Waals surface area contributed by atoms with Crippen LogP contribution < -0.4 is 14.8 Å². The van der Waals surface area contributed by atoms with Gasteiger partial charge < -0.3 is 24.9 Å². The van der Waals surface area contributed by atoms with E-state index in [4.69, 9.17) is 9.47 Å². The molecule has 0 bridgehead atoms. The van der Waals surface area contributed by atoms with E-state index in [2.05, 4.69) is 15.3 Å². The molecule has 8 nitrogen and oxygen atoms in total. The predicted molar refractivity (Wildman–Crippen MR) is 120 cm³/mol. The van der Waals surface area contributed by atoms with Crippen LogP contribution in [-0.4, -0.2) is 64.3 Å². The van der Waals surface area contributed by atoms with Crippen LogP contribution in [0.5, 0.6) is 11.5 Å². The number of likely N-dealkylation sites (N-methyl/N-ethyl adjacent to an activating group) is 1. The minimum atomic E-state index is -0.918. The summed E-state index contributed by atoms with van der Waals surface area (Å²) in [6.45, 7) is 0.533. The van der Waals surface area contributed by atoms with Gasteiger partial charge in [-0.3, -0.25) is 9.69 Å². The first-order valence-corrected chi connectivity index (χ1v) is 10.7. The lowest BCUT2D eigenvalue weighted by Gasteiger charge is -2.32. The number of aromatic amines is 1. The summed E-state index contributed by atoms with van der Waals surface area (Å²) < 4.78 is 24.8. The van der Waals surface area contributed by atoms with Crippen molar-refractivity contribution in [2.45, 2.75) is 37.3 Å². The fourth-order valence-electron chi connectivity index (χ4n) is 4.28. The monoisotopic (exact) mass is 454 g/mol. The molecular weight excluding hydrogens is 427 g/mol. The summed E-state index contributed by atoms with van der Waals surface area (Å²) in [6, 6.07) is 12.6. The maximum absolute atomic E-state index is 13.6. The minimum Gasteiger partial charge on any atom is -0.497 e. The number of aliphatic hydroxyl groups is 1. The number of nitrogens with one attached hydrogen (secondary N) is 2. The van der Waals surface area contributed by atoms with Crippen LogP contribution in [0.4, 0.5) is 4.39 Å². The van der Waals surface area contributed by atoms with Crippen molar-refractivity contribution in [3.8, 4) is 11.5 Å². The third-order valence-corrected chi connectivity index (χ3v) is 5.84. The van der Waals surface area contributed by atoms with Crippen molar-refractivity contribution in [2.75, 3.05) is 14.2 Å². The van der Waals surface area contributed by atoms with Gasteiger partial charge in [-0.05, 0) is 36.9 Å². The molecule has 1 amide bonds. The molecule has 2 aromatic carbocycles. The number of aromatic nitrogens is 2. The Labute approximate surface area is 191 Å². The number of nitrogens with zero attached hydrogens (tertiary/aromatic N) is 2. The quantitative estimate of drug-likeness (QED) is 0.483. The van der Waals surface area contributed by atoms with Gasteiger partial charge in [-0.15, -0.1) is 0 Å². The Bertz CT molecular complexity index is 1060. The second-order valence-electron chi connectivity index (χ2n) is 8.11. The highest BCUT2D eigenvalue weighted by Crippen LogP contribution is 2.30. The molecular formula is C24H27FN4O4. The number of amides is 1. The number of rotatable bonds is 8. The number of hydrogen-bond donors (Lipinski definition) is 3. The molecule has 1 fully saturated rings. The number of imidazole rings is 1. The van der Waals surface area contributed by atoms with Gasteiger partial charge in [0.25, 0.3) is 5.91 Å². The van der Waals surface area contributed by atoms with E-state index < -0.39 is 30.1 Å². The average molecular weight is 455 g/mol. The number of aliphatic hydroxyl groups excluding tert-OH is 1. The Morgan fingerprint density at radius 1 is 1.27 bits per heavy atom. The first-order chi connectivity index (χ1) is 15.9. The number of benzene rings is 2. The summed E-state index contributed by atoms with van der Waals surface area (Å²) >= 11 is 0. The molecule has 0 spiro atoms. The highest BCUT2D eigenvalue weighted by atomic mass is 19.1. The third kappa shape index (κ3) is 5.32. The zero-order chi connectivity index (χ0) is 23.4. The number of carbonyl (C=O) groups is 1. The van der Waals surface area contributed by atoms with Crippen LogP contribution in [0.1, 0.15) is 22.6 Å². The summed E-state index contributed by atoms with van der Waals surface area (Å²) in [6.07, 6.45) is 1.88. The zero-order valence-corrected chi connectivity index (χ0v) is 18.4. The number of methoxy groups -OCH3 is 1. The third-order valence-electron chi connectivity index (χ3n) is 5.84. The number of halogens is 1. The van der Waals surface area contributed by atoms with Crippen LogP contribution in [0.3, 0.4) is 0 Å². The summed E-state index contributed by atoms with van der Waals surface area (Å²) in [7, 11) is 3.50. The second-order valence-corrected chi connectivity index (χ2v) is 8.11. The van der Waals surface area contributed by atoms with Gasteiger partial charge in [-0.2, -0.15) is 0 Å². The summed E-state index contributed by atoms with van der Waals surface area (Å²) in [5, 5.41) is 14.1. The number of hydrogen-bond acceptors (Lipinski definition) is 6. The second kappa shape index (κ2) is 10.0. The molecule has 3 aromatic rings. The van der Waals surface area contributed by atoms with Gasteiger partial charge in [0.15, 0.2) is 5.82 Å². The van der Waals surface area contributed by atoms with E-state index in [1.165, 1.54) is 18.3 Å². The molecule has 1 aromatic heterocycles. The molecule has 3 N–H and O–H groups in total. The van der Waals surface area contributed by atoms with E-state index in [9.17, 15) is 14.3 Å². The van der Waals surface area contributed by atoms with Gasteiger partial charge in [0, 0.05) is 31.4 Å². The van der Waals surface area contributed by atoms with E-state index in [-0.39, 0.29) is 11.7 Å². The predicted octanol–water partition coefficient (Wildman–Crippen LogP) is 2.37. The van der Waals surface area contributed by atoms with Crippen molar-refractivity contribution >= 4 is 5.91 Å². The van der Waals surface area contributed by atoms with E-state index in [0.717, 1.165) is 11.3 Å². The molecule has 0 unspecified atom stereocenters. The molecule has 0 radical (unpaired) electrons. The molecule has 1 aliphatic rings. The van der Waals surface area contributed by atoms with E-state index in [0.29, 0.717) is 18.7 Å². The molecule has 1 saturated carbocycles. The van der Waals surface area contributed by atoms with Gasteiger partial charge in [0.2, 0.25) is 0 Å².